The van der Waals surface area contributed by atoms with Crippen molar-refractivity contribution in [2.75, 3.05) is 0 Å². The van der Waals surface area contributed by atoms with E-state index in [0.717, 1.165) is 44.9 Å². The zero-order chi connectivity index (χ0) is 30.0. The molecule has 40 heavy (non-hydrogen) atoms. The molecule has 0 spiro atoms. The van der Waals surface area contributed by atoms with Crippen LogP contribution in [-0.4, -0.2) is 35.8 Å². The molecule has 1 rings (SSSR count). The van der Waals surface area contributed by atoms with Crippen LogP contribution in [0.4, 0.5) is 0 Å². The summed E-state index contributed by atoms with van der Waals surface area (Å²) in [5.74, 6) is -2.01. The molecular weight excluding hydrogens is 603 g/mol. The summed E-state index contributed by atoms with van der Waals surface area (Å²) in [6.45, 7) is 15.8. The van der Waals surface area contributed by atoms with Gasteiger partial charge in [0.25, 0.3) is 0 Å². The Hall–Kier alpha value is -1.04. The van der Waals surface area contributed by atoms with E-state index < -0.39 is 11.9 Å². The minimum atomic E-state index is -1.11. The maximum Gasteiger partial charge on any atom is 2.00 e. The van der Waals surface area contributed by atoms with Crippen LogP contribution in [-0.2, 0) is 11.2 Å². The van der Waals surface area contributed by atoms with Crippen LogP contribution in [0.3, 0.4) is 0 Å². The maximum absolute atomic E-state index is 10.4. The number of aliphatic carboxylic acids is 1. The van der Waals surface area contributed by atoms with Gasteiger partial charge in [0.2, 0.25) is 0 Å². The minimum Gasteiger partial charge on any atom is -0.550 e. The first-order valence-electron chi connectivity index (χ1n) is 15.9. The molecule has 4 nitrogen and oxygen atoms in total. The van der Waals surface area contributed by atoms with Gasteiger partial charge in [-0.1, -0.05) is 175 Å². The van der Waals surface area contributed by atoms with Gasteiger partial charge in [-0.3, -0.25) is 0 Å². The van der Waals surface area contributed by atoms with Gasteiger partial charge in [-0.15, -0.1) is 0 Å². The summed E-state index contributed by atoms with van der Waals surface area (Å²) < 4.78 is 0. The normalized spacial score (nSPS) is 9.55. The first-order valence-corrected chi connectivity index (χ1v) is 15.9. The third-order valence-electron chi connectivity index (χ3n) is 6.20. The predicted molar refractivity (Wildman–Crippen MR) is 171 cm³/mol. The van der Waals surface area contributed by atoms with E-state index in [2.05, 4.69) is 41.5 Å². The van der Waals surface area contributed by atoms with Gasteiger partial charge in [0.1, 0.15) is 0 Å². The number of carboxylic acid groups (broad SMARTS) is 2. The Morgan fingerprint density at radius 3 is 1.23 bits per heavy atom. The third kappa shape index (κ3) is 41.4. The maximum atomic E-state index is 10.4. The molecule has 0 fully saturated rings. The number of rotatable bonds is 20. The van der Waals surface area contributed by atoms with Crippen molar-refractivity contribution in [3.63, 3.8) is 0 Å². The fourth-order valence-electron chi connectivity index (χ4n) is 3.48. The van der Waals surface area contributed by atoms with Crippen molar-refractivity contribution < 1.29 is 19.8 Å². The first kappa shape index (κ1) is 45.9. The Kier molecular flexibility index (Phi) is 46.0. The number of hydrogen-bond donors (Lipinski definition) is 0. The molecule has 1 aromatic rings. The number of aryl methyl sites for hydroxylation is 1. The largest absolute Gasteiger partial charge is 2.00 e. The Labute approximate surface area is 266 Å². The molecule has 230 valence electrons. The van der Waals surface area contributed by atoms with E-state index in [0.29, 0.717) is 0 Å². The van der Waals surface area contributed by atoms with Crippen molar-refractivity contribution in [3.8, 4) is 0 Å². The van der Waals surface area contributed by atoms with Gasteiger partial charge in [0.15, 0.2) is 0 Å². The summed E-state index contributed by atoms with van der Waals surface area (Å²) in [5.41, 5.74) is 1.44. The van der Waals surface area contributed by atoms with Crippen molar-refractivity contribution in [2.24, 2.45) is 0 Å². The molecule has 0 N–H and O–H groups in total. The second kappa shape index (κ2) is 40.1. The average Bonchev–Trinajstić information content (AvgIpc) is 2.95. The van der Waals surface area contributed by atoms with E-state index in [-0.39, 0.29) is 35.9 Å². The molecule has 0 bridgehead atoms. The second-order valence-electron chi connectivity index (χ2n) is 10.2. The van der Waals surface area contributed by atoms with E-state index in [4.69, 9.17) is 0 Å². The van der Waals surface area contributed by atoms with Crippen LogP contribution >= 0.6 is 0 Å². The van der Waals surface area contributed by atoms with Gasteiger partial charge < -0.3 is 19.8 Å². The van der Waals surface area contributed by atoms with Gasteiger partial charge in [-0.25, -0.2) is 0 Å². The average molecular weight is 666 g/mol. The van der Waals surface area contributed by atoms with Gasteiger partial charge in [0, 0.05) is 5.97 Å². The van der Waals surface area contributed by atoms with Crippen molar-refractivity contribution >= 4 is 35.8 Å². The fourth-order valence-corrected chi connectivity index (χ4v) is 3.48. The summed E-state index contributed by atoms with van der Waals surface area (Å²) in [4.78, 5) is 20.6. The van der Waals surface area contributed by atoms with Gasteiger partial charge in [-0.2, -0.15) is 0 Å². The molecule has 0 aromatic heterocycles. The zero-order valence-electron chi connectivity index (χ0n) is 26.7. The topological polar surface area (TPSA) is 80.3 Å². The number of unbranched alkanes of at least 4 members (excludes halogenated alkanes) is 15. The fraction of sp³-hybridized carbons (Fsp3) is 0.714. The Morgan fingerprint density at radius 1 is 0.575 bits per heavy atom. The molecule has 0 aliphatic carbocycles. The molecule has 0 atom stereocenters. The molecule has 1 aromatic carbocycles. The Balaban J connectivity index is -0.000000256. The minimum absolute atomic E-state index is 0. The van der Waals surface area contributed by atoms with Crippen LogP contribution in [0.25, 0.3) is 0 Å². The van der Waals surface area contributed by atoms with Crippen LogP contribution in [0, 0.1) is 13.8 Å². The molecule has 0 saturated carbocycles. The zero-order valence-corrected chi connectivity index (χ0v) is 29.6. The smallest absolute Gasteiger partial charge is 0.550 e. The van der Waals surface area contributed by atoms with Crippen molar-refractivity contribution in [1.29, 1.82) is 0 Å². The van der Waals surface area contributed by atoms with Crippen LogP contribution < -0.4 is 10.2 Å². The van der Waals surface area contributed by atoms with Crippen LogP contribution in [0.15, 0.2) is 24.3 Å². The molecule has 0 saturated heterocycles. The van der Waals surface area contributed by atoms with Crippen LogP contribution in [0.5, 0.6) is 0 Å². The number of carbonyl (C=O) groups is 2. The monoisotopic (exact) mass is 666 g/mol. The first-order chi connectivity index (χ1) is 18.8. The Morgan fingerprint density at radius 2 is 0.925 bits per heavy atom. The van der Waals surface area contributed by atoms with E-state index >= 15 is 0 Å². The standard InChI is InChI=1S/C16H32O2.C11H14O2.2C4H9.Sn/c1-2-3-4-5-6-7-8-9-10-11-12-13-14-15-16(17)18;1-2-3-4-9-5-7-10(8-6-9)11(12)13;2*1-3-4-2;/h2-15H2,1H3,(H,17,18);5-8H,2-4H2,1H3,(H,12,13);2*1,3-4H2,2H3;/q;;;;+2/p-2. The molecule has 0 amide bonds. The van der Waals surface area contributed by atoms with Crippen LogP contribution in [0.1, 0.15) is 172 Å². The SMILES string of the molecule is CCCCCCCCCCCCCCCC(=O)[O-].CCCCc1ccc(C(=O)[O-])cc1.[CH2]CCC.[CH2]CCC.[Sn+2]. The van der Waals surface area contributed by atoms with Gasteiger partial charge in [0.05, 0.1) is 5.97 Å². The summed E-state index contributed by atoms with van der Waals surface area (Å²) in [6.07, 6.45) is 24.8. The summed E-state index contributed by atoms with van der Waals surface area (Å²) in [7, 11) is 0. The van der Waals surface area contributed by atoms with Crippen molar-refractivity contribution in [3.05, 3.63) is 49.2 Å². The molecule has 5 heteroatoms. The molecular formula is C35H62O4Sn. The van der Waals surface area contributed by atoms with Gasteiger partial charge >= 0.3 is 23.9 Å². The number of aromatic carboxylic acids is 1. The quantitative estimate of drug-likeness (QED) is 0.103. The van der Waals surface area contributed by atoms with E-state index in [1.165, 1.54) is 89.0 Å². The molecule has 0 aliphatic heterocycles. The predicted octanol–water partition coefficient (Wildman–Crippen LogP) is 8.47. The molecule has 4 radical (unpaired) electrons. The molecule has 0 unspecified atom stereocenters. The molecule has 0 heterocycles. The number of hydrogen-bond acceptors (Lipinski definition) is 4. The number of carbonyl (C=O) groups excluding carboxylic acids is 2. The van der Waals surface area contributed by atoms with Gasteiger partial charge in [-0.05, 0) is 36.8 Å². The summed E-state index contributed by atoms with van der Waals surface area (Å²) in [5, 5.41) is 20.6. The third-order valence-corrected chi connectivity index (χ3v) is 6.20. The summed E-state index contributed by atoms with van der Waals surface area (Å²) >= 11 is 0. The van der Waals surface area contributed by atoms with E-state index in [1.54, 1.807) is 12.1 Å². The summed E-state index contributed by atoms with van der Waals surface area (Å²) in [6, 6.07) is 6.89. The number of benzene rings is 1. The van der Waals surface area contributed by atoms with E-state index in [1.807, 2.05) is 12.1 Å². The van der Waals surface area contributed by atoms with Crippen molar-refractivity contribution in [2.45, 2.75) is 163 Å². The van der Waals surface area contributed by atoms with E-state index in [9.17, 15) is 19.8 Å². The Bertz CT molecular complexity index is 608. The number of carboxylic acids is 2. The molecule has 0 aliphatic rings. The van der Waals surface area contributed by atoms with Crippen molar-refractivity contribution in [1.82, 2.24) is 0 Å². The van der Waals surface area contributed by atoms with Crippen LogP contribution in [0.2, 0.25) is 0 Å². The second-order valence-corrected chi connectivity index (χ2v) is 10.2.